The van der Waals surface area contributed by atoms with Gasteiger partial charge in [-0.3, -0.25) is 4.79 Å². The minimum Gasteiger partial charge on any atom is -0.378 e. The summed E-state index contributed by atoms with van der Waals surface area (Å²) >= 11 is 0. The van der Waals surface area contributed by atoms with Crippen LogP contribution in [0, 0.1) is 18.2 Å². The largest absolute Gasteiger partial charge is 0.378 e. The fourth-order valence-corrected chi connectivity index (χ4v) is 2.49. The Labute approximate surface area is 127 Å². The third-order valence-electron chi connectivity index (χ3n) is 3.77. The molecule has 4 nitrogen and oxygen atoms in total. The van der Waals surface area contributed by atoms with E-state index in [1.54, 1.807) is 0 Å². The first-order valence-corrected chi connectivity index (χ1v) is 6.87. The first-order valence-electron chi connectivity index (χ1n) is 6.87. The predicted octanol–water partition coefficient (Wildman–Crippen LogP) is 1.69. The van der Waals surface area contributed by atoms with Gasteiger partial charge in [-0.1, -0.05) is 12.0 Å². The maximum absolute atomic E-state index is 13.9. The lowest BCUT2D eigenvalue weighted by molar-refractivity contribution is -0.0174. The van der Waals surface area contributed by atoms with Gasteiger partial charge in [0.05, 0.1) is 12.6 Å². The van der Waals surface area contributed by atoms with Crippen molar-refractivity contribution in [1.29, 1.82) is 0 Å². The lowest BCUT2D eigenvalue weighted by atomic mass is 10.0. The molecule has 0 saturated carbocycles. The molecule has 0 radical (unpaired) electrons. The monoisotopic (exact) mass is 309 g/mol. The summed E-state index contributed by atoms with van der Waals surface area (Å²) in [4.78, 5) is 13.6. The van der Waals surface area contributed by atoms with Gasteiger partial charge >= 0.3 is 0 Å². The van der Waals surface area contributed by atoms with Crippen molar-refractivity contribution in [2.45, 2.75) is 24.8 Å². The van der Waals surface area contributed by atoms with Crippen LogP contribution in [0.25, 0.3) is 0 Å². The van der Waals surface area contributed by atoms with Crippen LogP contribution in [0.3, 0.4) is 0 Å². The standard InChI is InChI=1S/C16H17F2NO3/c1-3-14(20)11-5-4-10(8-12(11)17)16(21)19-7-6-15(22-2)13(18)9-19/h1,4-5,8,13-15,20H,6-7,9H2,2H3. The third-order valence-corrected chi connectivity index (χ3v) is 3.77. The average molecular weight is 309 g/mol. The fourth-order valence-electron chi connectivity index (χ4n) is 2.49. The molecule has 1 N–H and O–H groups in total. The molecule has 1 saturated heterocycles. The van der Waals surface area contributed by atoms with Gasteiger partial charge in [0.25, 0.3) is 5.91 Å². The molecule has 3 unspecified atom stereocenters. The van der Waals surface area contributed by atoms with Crippen LogP contribution < -0.4 is 0 Å². The Bertz CT molecular complexity index is 600. The van der Waals surface area contributed by atoms with E-state index in [9.17, 15) is 18.7 Å². The number of carbonyl (C=O) groups excluding carboxylic acids is 1. The van der Waals surface area contributed by atoms with Gasteiger partial charge in [-0.2, -0.15) is 0 Å². The second kappa shape index (κ2) is 6.86. The zero-order chi connectivity index (χ0) is 16.3. The maximum Gasteiger partial charge on any atom is 0.254 e. The van der Waals surface area contributed by atoms with Crippen molar-refractivity contribution in [2.75, 3.05) is 20.2 Å². The highest BCUT2D eigenvalue weighted by Gasteiger charge is 2.32. The topological polar surface area (TPSA) is 49.8 Å². The van der Waals surface area contributed by atoms with Crippen molar-refractivity contribution in [3.05, 3.63) is 35.1 Å². The van der Waals surface area contributed by atoms with Gasteiger partial charge in [-0.15, -0.1) is 6.42 Å². The molecule has 0 spiro atoms. The van der Waals surface area contributed by atoms with E-state index in [4.69, 9.17) is 11.2 Å². The summed E-state index contributed by atoms with van der Waals surface area (Å²) in [6.45, 7) is 0.252. The molecule has 1 aliphatic rings. The number of rotatable bonds is 3. The van der Waals surface area contributed by atoms with E-state index in [-0.39, 0.29) is 17.7 Å². The molecule has 1 aliphatic heterocycles. The number of halogens is 2. The van der Waals surface area contributed by atoms with Crippen molar-refractivity contribution in [1.82, 2.24) is 4.90 Å². The van der Waals surface area contributed by atoms with Gasteiger partial charge in [0.15, 0.2) is 0 Å². The quantitative estimate of drug-likeness (QED) is 0.865. The normalized spacial score (nSPS) is 23.0. The maximum atomic E-state index is 13.9. The molecule has 1 aromatic carbocycles. The molecule has 2 rings (SSSR count). The summed E-state index contributed by atoms with van der Waals surface area (Å²) in [5.74, 6) is 0.784. The van der Waals surface area contributed by atoms with E-state index < -0.39 is 30.1 Å². The van der Waals surface area contributed by atoms with Gasteiger partial charge < -0.3 is 14.7 Å². The molecule has 1 fully saturated rings. The highest BCUT2D eigenvalue weighted by Crippen LogP contribution is 2.21. The number of amides is 1. The number of nitrogens with zero attached hydrogens (tertiary/aromatic N) is 1. The molecular formula is C16H17F2NO3. The van der Waals surface area contributed by atoms with Crippen LogP contribution >= 0.6 is 0 Å². The molecule has 3 atom stereocenters. The van der Waals surface area contributed by atoms with Gasteiger partial charge in [0.2, 0.25) is 0 Å². The Morgan fingerprint density at radius 2 is 2.32 bits per heavy atom. The zero-order valence-corrected chi connectivity index (χ0v) is 12.1. The molecule has 22 heavy (non-hydrogen) atoms. The Morgan fingerprint density at radius 1 is 1.59 bits per heavy atom. The number of aliphatic hydroxyl groups excluding tert-OH is 1. The number of likely N-dealkylation sites (tertiary alicyclic amines) is 1. The third kappa shape index (κ3) is 3.26. The molecule has 118 valence electrons. The molecular weight excluding hydrogens is 292 g/mol. The van der Waals surface area contributed by atoms with Crippen LogP contribution in [0.1, 0.15) is 28.4 Å². The Balaban J connectivity index is 2.14. The van der Waals surface area contributed by atoms with Crippen LogP contribution in [0.2, 0.25) is 0 Å². The number of hydrogen-bond acceptors (Lipinski definition) is 3. The van der Waals surface area contributed by atoms with Gasteiger partial charge in [0, 0.05) is 24.8 Å². The zero-order valence-electron chi connectivity index (χ0n) is 12.1. The molecule has 6 heteroatoms. The number of methoxy groups -OCH3 is 1. The second-order valence-electron chi connectivity index (χ2n) is 5.14. The van der Waals surface area contributed by atoms with Crippen molar-refractivity contribution in [3.8, 4) is 12.3 Å². The summed E-state index contributed by atoms with van der Waals surface area (Å²) < 4.78 is 32.7. The molecule has 1 heterocycles. The first kappa shape index (κ1) is 16.4. The van der Waals surface area contributed by atoms with Gasteiger partial charge in [0.1, 0.15) is 18.1 Å². The van der Waals surface area contributed by atoms with Gasteiger partial charge in [-0.05, 0) is 18.6 Å². The molecule has 1 aromatic rings. The van der Waals surface area contributed by atoms with E-state index in [1.165, 1.54) is 24.1 Å². The molecule has 1 amide bonds. The number of ether oxygens (including phenoxy) is 1. The van der Waals surface area contributed by atoms with Crippen molar-refractivity contribution in [3.63, 3.8) is 0 Å². The highest BCUT2D eigenvalue weighted by molar-refractivity contribution is 5.94. The number of carbonyl (C=O) groups is 1. The van der Waals surface area contributed by atoms with E-state index in [0.717, 1.165) is 6.07 Å². The number of alkyl halides is 1. The number of benzene rings is 1. The molecule has 0 aromatic heterocycles. The molecule has 0 bridgehead atoms. The lowest BCUT2D eigenvalue weighted by Crippen LogP contribution is -2.47. The SMILES string of the molecule is C#CC(O)c1ccc(C(=O)N2CCC(OC)C(F)C2)cc1F. The summed E-state index contributed by atoms with van der Waals surface area (Å²) in [6.07, 6.45) is 2.27. The summed E-state index contributed by atoms with van der Waals surface area (Å²) in [6, 6.07) is 3.65. The summed E-state index contributed by atoms with van der Waals surface area (Å²) in [5.41, 5.74) is 0.0223. The first-order chi connectivity index (χ1) is 10.5. The Morgan fingerprint density at radius 3 is 2.86 bits per heavy atom. The second-order valence-corrected chi connectivity index (χ2v) is 5.14. The summed E-state index contributed by atoms with van der Waals surface area (Å²) in [5, 5.41) is 9.44. The number of piperidine rings is 1. The minimum atomic E-state index is -1.36. The van der Waals surface area contributed by atoms with E-state index in [0.29, 0.717) is 13.0 Å². The predicted molar refractivity (Wildman–Crippen MR) is 76.4 cm³/mol. The van der Waals surface area contributed by atoms with Crippen molar-refractivity contribution >= 4 is 5.91 Å². The van der Waals surface area contributed by atoms with Crippen molar-refractivity contribution < 1.29 is 23.4 Å². The Hall–Kier alpha value is -1.97. The van der Waals surface area contributed by atoms with Gasteiger partial charge in [-0.25, -0.2) is 8.78 Å². The van der Waals surface area contributed by atoms with Crippen LogP contribution in [0.5, 0.6) is 0 Å². The fraction of sp³-hybridized carbons (Fsp3) is 0.438. The van der Waals surface area contributed by atoms with E-state index in [2.05, 4.69) is 0 Å². The van der Waals surface area contributed by atoms with E-state index >= 15 is 0 Å². The molecule has 0 aliphatic carbocycles. The smallest absolute Gasteiger partial charge is 0.254 e. The van der Waals surface area contributed by atoms with Crippen LogP contribution in [-0.4, -0.2) is 48.4 Å². The van der Waals surface area contributed by atoms with Crippen LogP contribution in [-0.2, 0) is 4.74 Å². The van der Waals surface area contributed by atoms with Crippen LogP contribution in [0.15, 0.2) is 18.2 Å². The van der Waals surface area contributed by atoms with E-state index in [1.807, 2.05) is 5.92 Å². The van der Waals surface area contributed by atoms with Crippen LogP contribution in [0.4, 0.5) is 8.78 Å². The average Bonchev–Trinajstić information content (AvgIpc) is 2.53. The minimum absolute atomic E-state index is 0.0690. The van der Waals surface area contributed by atoms with Crippen molar-refractivity contribution in [2.24, 2.45) is 0 Å². The Kier molecular flexibility index (Phi) is 5.11. The summed E-state index contributed by atoms with van der Waals surface area (Å²) in [7, 11) is 1.43. The lowest BCUT2D eigenvalue weighted by Gasteiger charge is -2.34. The highest BCUT2D eigenvalue weighted by atomic mass is 19.1. The number of hydrogen-bond donors (Lipinski definition) is 1. The number of terminal acetylenes is 1. The number of aliphatic hydroxyl groups is 1.